The van der Waals surface area contributed by atoms with Crippen LogP contribution in [0.25, 0.3) is 0 Å². The first-order valence-corrected chi connectivity index (χ1v) is 6.19. The Hall–Kier alpha value is -0.570. The highest BCUT2D eigenvalue weighted by Gasteiger charge is 2.09. The van der Waals surface area contributed by atoms with Crippen molar-refractivity contribution in [2.75, 3.05) is 13.1 Å². The van der Waals surface area contributed by atoms with Gasteiger partial charge in [-0.05, 0) is 30.5 Å². The highest BCUT2D eigenvalue weighted by atomic mass is 35.5. The average molecular weight is 241 g/mol. The van der Waals surface area contributed by atoms with E-state index in [-0.39, 0.29) is 0 Å². The summed E-state index contributed by atoms with van der Waals surface area (Å²) in [5.41, 5.74) is 6.89. The molecule has 0 aliphatic rings. The molecule has 0 bridgehead atoms. The molecule has 3 heteroatoms. The Morgan fingerprint density at radius 1 is 1.31 bits per heavy atom. The summed E-state index contributed by atoms with van der Waals surface area (Å²) in [6.45, 7) is 5.96. The number of rotatable bonds is 6. The van der Waals surface area contributed by atoms with E-state index in [4.69, 9.17) is 17.3 Å². The highest BCUT2D eigenvalue weighted by molar-refractivity contribution is 6.31. The van der Waals surface area contributed by atoms with Crippen molar-refractivity contribution < 1.29 is 0 Å². The molecule has 1 aromatic carbocycles. The summed E-state index contributed by atoms with van der Waals surface area (Å²) in [5.74, 6) is 0.566. The number of hydrogen-bond acceptors (Lipinski definition) is 2. The van der Waals surface area contributed by atoms with Crippen LogP contribution in [0.1, 0.15) is 19.4 Å². The molecule has 1 aromatic rings. The molecule has 0 aliphatic heterocycles. The van der Waals surface area contributed by atoms with Gasteiger partial charge in [-0.25, -0.2) is 0 Å². The molecule has 16 heavy (non-hydrogen) atoms. The minimum Gasteiger partial charge on any atom is -0.329 e. The monoisotopic (exact) mass is 240 g/mol. The Kier molecular flexibility index (Phi) is 5.81. The van der Waals surface area contributed by atoms with Crippen molar-refractivity contribution in [1.82, 2.24) is 5.32 Å². The van der Waals surface area contributed by atoms with Crippen LogP contribution in [-0.2, 0) is 6.42 Å². The molecule has 0 saturated heterocycles. The summed E-state index contributed by atoms with van der Waals surface area (Å²) in [4.78, 5) is 0. The maximum atomic E-state index is 6.08. The third-order valence-corrected chi connectivity index (χ3v) is 3.19. The fourth-order valence-electron chi connectivity index (χ4n) is 1.68. The molecule has 0 spiro atoms. The lowest BCUT2D eigenvalue weighted by molar-refractivity contribution is 0.409. The first-order chi connectivity index (χ1) is 7.65. The molecule has 0 aromatic heterocycles. The van der Waals surface area contributed by atoms with Crippen molar-refractivity contribution in [2.24, 2.45) is 11.7 Å². The van der Waals surface area contributed by atoms with Crippen molar-refractivity contribution in [1.29, 1.82) is 0 Å². The molecule has 0 radical (unpaired) electrons. The van der Waals surface area contributed by atoms with Gasteiger partial charge in [0.25, 0.3) is 0 Å². The van der Waals surface area contributed by atoms with Crippen molar-refractivity contribution >= 4 is 11.6 Å². The van der Waals surface area contributed by atoms with E-state index in [9.17, 15) is 0 Å². The van der Waals surface area contributed by atoms with Gasteiger partial charge in [-0.3, -0.25) is 0 Å². The van der Waals surface area contributed by atoms with Gasteiger partial charge in [0, 0.05) is 17.6 Å². The maximum absolute atomic E-state index is 6.08. The molecule has 3 N–H and O–H groups in total. The van der Waals surface area contributed by atoms with E-state index >= 15 is 0 Å². The van der Waals surface area contributed by atoms with Crippen LogP contribution in [0, 0.1) is 5.92 Å². The molecule has 2 nitrogen and oxygen atoms in total. The van der Waals surface area contributed by atoms with Crippen LogP contribution in [0.2, 0.25) is 5.02 Å². The Balaban J connectivity index is 2.38. The predicted molar refractivity (Wildman–Crippen MR) is 70.8 cm³/mol. The molecule has 90 valence electrons. The van der Waals surface area contributed by atoms with Crippen LogP contribution in [0.3, 0.4) is 0 Å². The number of nitrogens with one attached hydrogen (secondary N) is 1. The van der Waals surface area contributed by atoms with Gasteiger partial charge in [0.2, 0.25) is 0 Å². The second-order valence-corrected chi connectivity index (χ2v) is 4.79. The van der Waals surface area contributed by atoms with Gasteiger partial charge < -0.3 is 11.1 Å². The summed E-state index contributed by atoms with van der Waals surface area (Å²) >= 11 is 6.08. The number of hydrogen-bond donors (Lipinski definition) is 2. The van der Waals surface area contributed by atoms with Crippen LogP contribution in [-0.4, -0.2) is 19.1 Å². The van der Waals surface area contributed by atoms with Gasteiger partial charge in [-0.1, -0.05) is 43.6 Å². The largest absolute Gasteiger partial charge is 0.329 e. The minimum atomic E-state index is 0.391. The van der Waals surface area contributed by atoms with Crippen molar-refractivity contribution in [3.8, 4) is 0 Å². The smallest absolute Gasteiger partial charge is 0.0438 e. The number of benzene rings is 1. The summed E-state index contributed by atoms with van der Waals surface area (Å²) in [6, 6.07) is 8.36. The standard InChI is InChI=1S/C13H21ClN2/c1-10(2)13(9-15)16-8-7-11-5-3-4-6-12(11)14/h3-6,10,13,16H,7-9,15H2,1-2H3. The van der Waals surface area contributed by atoms with Gasteiger partial charge >= 0.3 is 0 Å². The summed E-state index contributed by atoms with van der Waals surface area (Å²) in [5, 5.41) is 4.31. The van der Waals surface area contributed by atoms with E-state index in [1.54, 1.807) is 0 Å². The van der Waals surface area contributed by atoms with E-state index < -0.39 is 0 Å². The van der Waals surface area contributed by atoms with Gasteiger partial charge in [-0.15, -0.1) is 0 Å². The molecular formula is C13H21ClN2. The second kappa shape index (κ2) is 6.89. The van der Waals surface area contributed by atoms with Gasteiger partial charge in [0.1, 0.15) is 0 Å². The third kappa shape index (κ3) is 4.12. The number of nitrogens with two attached hydrogens (primary N) is 1. The molecule has 0 amide bonds. The van der Waals surface area contributed by atoms with E-state index in [0.29, 0.717) is 18.5 Å². The maximum Gasteiger partial charge on any atom is 0.0438 e. The second-order valence-electron chi connectivity index (χ2n) is 4.38. The quantitative estimate of drug-likeness (QED) is 0.802. The van der Waals surface area contributed by atoms with E-state index in [0.717, 1.165) is 18.0 Å². The fraction of sp³-hybridized carbons (Fsp3) is 0.538. The summed E-state index contributed by atoms with van der Waals surface area (Å²) in [6.07, 6.45) is 0.947. The van der Waals surface area contributed by atoms with Crippen molar-refractivity contribution in [3.05, 3.63) is 34.9 Å². The Bertz CT molecular complexity index is 313. The lowest BCUT2D eigenvalue weighted by Gasteiger charge is -2.20. The lowest BCUT2D eigenvalue weighted by atomic mass is 10.0. The third-order valence-electron chi connectivity index (χ3n) is 2.82. The van der Waals surface area contributed by atoms with Crippen LogP contribution >= 0.6 is 11.6 Å². The normalized spacial score (nSPS) is 13.1. The van der Waals surface area contributed by atoms with E-state index in [2.05, 4.69) is 25.2 Å². The minimum absolute atomic E-state index is 0.391. The zero-order valence-electron chi connectivity index (χ0n) is 10.0. The van der Waals surface area contributed by atoms with Gasteiger partial charge in [-0.2, -0.15) is 0 Å². The summed E-state index contributed by atoms with van der Waals surface area (Å²) < 4.78 is 0. The molecule has 1 unspecified atom stereocenters. The zero-order valence-corrected chi connectivity index (χ0v) is 10.8. The van der Waals surface area contributed by atoms with Crippen molar-refractivity contribution in [2.45, 2.75) is 26.3 Å². The van der Waals surface area contributed by atoms with Crippen LogP contribution in [0.15, 0.2) is 24.3 Å². The summed E-state index contributed by atoms with van der Waals surface area (Å²) in [7, 11) is 0. The molecular weight excluding hydrogens is 220 g/mol. The molecule has 0 saturated carbocycles. The Morgan fingerprint density at radius 2 is 2.00 bits per heavy atom. The zero-order chi connectivity index (χ0) is 12.0. The van der Waals surface area contributed by atoms with Crippen molar-refractivity contribution in [3.63, 3.8) is 0 Å². The highest BCUT2D eigenvalue weighted by Crippen LogP contribution is 2.14. The first kappa shape index (κ1) is 13.5. The van der Waals surface area contributed by atoms with Crippen LogP contribution in [0.4, 0.5) is 0 Å². The van der Waals surface area contributed by atoms with Crippen LogP contribution < -0.4 is 11.1 Å². The van der Waals surface area contributed by atoms with E-state index in [1.165, 1.54) is 5.56 Å². The topological polar surface area (TPSA) is 38.0 Å². The van der Waals surface area contributed by atoms with Crippen LogP contribution in [0.5, 0.6) is 0 Å². The van der Waals surface area contributed by atoms with Gasteiger partial charge in [0.05, 0.1) is 0 Å². The predicted octanol–water partition coefficient (Wildman–Crippen LogP) is 2.46. The molecule has 0 aliphatic carbocycles. The average Bonchev–Trinajstić information content (AvgIpc) is 2.26. The molecule has 0 fully saturated rings. The first-order valence-electron chi connectivity index (χ1n) is 5.82. The lowest BCUT2D eigenvalue weighted by Crippen LogP contribution is -2.41. The Morgan fingerprint density at radius 3 is 2.56 bits per heavy atom. The van der Waals surface area contributed by atoms with E-state index in [1.807, 2.05) is 18.2 Å². The van der Waals surface area contributed by atoms with Gasteiger partial charge in [0.15, 0.2) is 0 Å². The molecule has 0 heterocycles. The fourth-order valence-corrected chi connectivity index (χ4v) is 1.91. The molecule has 1 atom stereocenters. The Labute approximate surface area is 103 Å². The SMILES string of the molecule is CC(C)C(CN)NCCc1ccccc1Cl. The molecule has 1 rings (SSSR count). The number of halogens is 1.